The van der Waals surface area contributed by atoms with Gasteiger partial charge < -0.3 is 10.4 Å². The summed E-state index contributed by atoms with van der Waals surface area (Å²) < 4.78 is 0.809. The van der Waals surface area contributed by atoms with E-state index in [0.29, 0.717) is 12.0 Å². The zero-order valence-corrected chi connectivity index (χ0v) is 13.2. The van der Waals surface area contributed by atoms with Gasteiger partial charge >= 0.3 is 5.97 Å². The molecule has 1 aromatic carbocycles. The van der Waals surface area contributed by atoms with E-state index in [-0.39, 0.29) is 24.2 Å². The smallest absolute Gasteiger partial charge is 0.307 e. The third kappa shape index (κ3) is 3.95. The molecule has 1 fully saturated rings. The lowest BCUT2D eigenvalue weighted by Gasteiger charge is -2.19. The Balaban J connectivity index is 0.00000200. The highest BCUT2D eigenvalue weighted by atomic mass is 79.9. The Labute approximate surface area is 132 Å². The Bertz CT molecular complexity index is 524. The lowest BCUT2D eigenvalue weighted by molar-refractivity contribution is -0.143. The normalized spacial score (nSPS) is 18.9. The van der Waals surface area contributed by atoms with Crippen molar-refractivity contribution in [3.05, 3.63) is 33.8 Å². The topological polar surface area (TPSA) is 73.1 Å². The Kier molecular flexibility index (Phi) is 6.47. The van der Waals surface area contributed by atoms with Gasteiger partial charge in [0.15, 0.2) is 0 Å². The molecule has 4 nitrogen and oxygen atoms in total. The van der Waals surface area contributed by atoms with Gasteiger partial charge in [0.25, 0.3) is 0 Å². The number of halogens is 2. The molecule has 1 aromatic rings. The van der Waals surface area contributed by atoms with E-state index in [1.807, 2.05) is 6.07 Å². The molecular formula is C14H16BrClN2O2. The molecule has 0 amide bonds. The van der Waals surface area contributed by atoms with E-state index < -0.39 is 5.97 Å². The number of carboxylic acids is 1. The van der Waals surface area contributed by atoms with Crippen LogP contribution in [0, 0.1) is 23.2 Å². The van der Waals surface area contributed by atoms with Crippen LogP contribution in [0.2, 0.25) is 0 Å². The molecule has 108 valence electrons. The van der Waals surface area contributed by atoms with Gasteiger partial charge in [-0.05, 0) is 49.5 Å². The quantitative estimate of drug-likeness (QED) is 0.866. The van der Waals surface area contributed by atoms with E-state index in [1.54, 1.807) is 12.1 Å². The highest BCUT2D eigenvalue weighted by molar-refractivity contribution is 9.10. The standard InChI is InChI=1S/C14H15BrN2O2.ClH/c15-13-5-9(7-16)1-2-10(13)6-12(14(18)19)11-3-4-17-8-11;/h1-2,5,11-12,17H,3-4,6,8H2,(H,18,19);1H/t11-,12-;/m0./s1. The molecule has 0 saturated carbocycles. The number of carbonyl (C=O) groups is 1. The molecule has 0 aliphatic carbocycles. The number of nitrogens with one attached hydrogen (secondary N) is 1. The molecule has 2 N–H and O–H groups in total. The van der Waals surface area contributed by atoms with Gasteiger partial charge in [-0.2, -0.15) is 5.26 Å². The van der Waals surface area contributed by atoms with Crippen molar-refractivity contribution >= 4 is 34.3 Å². The van der Waals surface area contributed by atoms with E-state index in [2.05, 4.69) is 27.3 Å². The SMILES string of the molecule is Cl.N#Cc1ccc(C[C@H](C(=O)O)[C@H]2CCNC2)c(Br)c1. The van der Waals surface area contributed by atoms with Crippen LogP contribution in [0.1, 0.15) is 17.5 Å². The monoisotopic (exact) mass is 358 g/mol. The molecule has 0 radical (unpaired) electrons. The van der Waals surface area contributed by atoms with Gasteiger partial charge in [-0.3, -0.25) is 4.79 Å². The minimum atomic E-state index is -0.745. The summed E-state index contributed by atoms with van der Waals surface area (Å²) >= 11 is 3.41. The van der Waals surface area contributed by atoms with Crippen molar-refractivity contribution in [1.82, 2.24) is 5.32 Å². The van der Waals surface area contributed by atoms with Gasteiger partial charge in [-0.15, -0.1) is 12.4 Å². The Morgan fingerprint density at radius 3 is 2.85 bits per heavy atom. The van der Waals surface area contributed by atoms with Gasteiger partial charge in [-0.1, -0.05) is 22.0 Å². The number of benzene rings is 1. The van der Waals surface area contributed by atoms with Gasteiger partial charge in [0.2, 0.25) is 0 Å². The molecule has 0 unspecified atom stereocenters. The average Bonchev–Trinajstić information content (AvgIpc) is 2.90. The molecule has 2 rings (SSSR count). The Morgan fingerprint density at radius 1 is 1.60 bits per heavy atom. The molecule has 1 aliphatic heterocycles. The first kappa shape index (κ1) is 17.0. The van der Waals surface area contributed by atoms with Gasteiger partial charge in [0, 0.05) is 4.47 Å². The Hall–Kier alpha value is -1.09. The number of hydrogen-bond acceptors (Lipinski definition) is 3. The fraction of sp³-hybridized carbons (Fsp3) is 0.429. The average molecular weight is 360 g/mol. The van der Waals surface area contributed by atoms with E-state index in [9.17, 15) is 9.90 Å². The number of aliphatic carboxylic acids is 1. The van der Waals surface area contributed by atoms with Crippen molar-refractivity contribution in [2.24, 2.45) is 11.8 Å². The molecule has 0 spiro atoms. The second-order valence-corrected chi connectivity index (χ2v) is 5.67. The number of hydrogen-bond donors (Lipinski definition) is 2. The lowest BCUT2D eigenvalue weighted by Crippen LogP contribution is -2.27. The van der Waals surface area contributed by atoms with Crippen LogP contribution in [0.15, 0.2) is 22.7 Å². The van der Waals surface area contributed by atoms with E-state index in [0.717, 1.165) is 29.5 Å². The fourth-order valence-corrected chi connectivity index (χ4v) is 3.04. The minimum absolute atomic E-state index is 0. The van der Waals surface area contributed by atoms with Gasteiger partial charge in [-0.25, -0.2) is 0 Å². The maximum Gasteiger partial charge on any atom is 0.307 e. The van der Waals surface area contributed by atoms with E-state index in [1.165, 1.54) is 0 Å². The summed E-state index contributed by atoms with van der Waals surface area (Å²) in [5.74, 6) is -0.941. The van der Waals surface area contributed by atoms with Crippen LogP contribution < -0.4 is 5.32 Å². The number of nitrogens with zero attached hydrogens (tertiary/aromatic N) is 1. The van der Waals surface area contributed by atoms with Crippen LogP contribution in [0.3, 0.4) is 0 Å². The first-order valence-electron chi connectivity index (χ1n) is 6.24. The van der Waals surface area contributed by atoms with Crippen molar-refractivity contribution in [2.75, 3.05) is 13.1 Å². The van der Waals surface area contributed by atoms with Crippen molar-refractivity contribution < 1.29 is 9.90 Å². The zero-order chi connectivity index (χ0) is 13.8. The number of nitriles is 1. The molecule has 0 aromatic heterocycles. The first-order valence-corrected chi connectivity index (χ1v) is 7.03. The van der Waals surface area contributed by atoms with Crippen LogP contribution in [-0.2, 0) is 11.2 Å². The van der Waals surface area contributed by atoms with Crippen molar-refractivity contribution in [3.8, 4) is 6.07 Å². The summed E-state index contributed by atoms with van der Waals surface area (Å²) in [7, 11) is 0. The van der Waals surface area contributed by atoms with Crippen LogP contribution in [0.5, 0.6) is 0 Å². The predicted octanol–water partition coefficient (Wildman–Crippen LogP) is 2.60. The van der Waals surface area contributed by atoms with Crippen LogP contribution in [-0.4, -0.2) is 24.2 Å². The maximum absolute atomic E-state index is 11.4. The summed E-state index contributed by atoms with van der Waals surface area (Å²) in [5.41, 5.74) is 1.52. The van der Waals surface area contributed by atoms with Crippen molar-refractivity contribution in [3.63, 3.8) is 0 Å². The van der Waals surface area contributed by atoms with Gasteiger partial charge in [0.05, 0.1) is 17.6 Å². The molecule has 0 bridgehead atoms. The van der Waals surface area contributed by atoms with Crippen LogP contribution in [0.25, 0.3) is 0 Å². The lowest BCUT2D eigenvalue weighted by atomic mass is 9.86. The molecule has 20 heavy (non-hydrogen) atoms. The molecule has 1 aliphatic rings. The van der Waals surface area contributed by atoms with Crippen molar-refractivity contribution in [2.45, 2.75) is 12.8 Å². The third-order valence-corrected chi connectivity index (χ3v) is 4.34. The molecule has 2 atom stereocenters. The largest absolute Gasteiger partial charge is 0.481 e. The molecule has 1 saturated heterocycles. The predicted molar refractivity (Wildman–Crippen MR) is 81.9 cm³/mol. The number of rotatable bonds is 4. The number of carboxylic acid groups (broad SMARTS) is 1. The second-order valence-electron chi connectivity index (χ2n) is 4.82. The summed E-state index contributed by atoms with van der Waals surface area (Å²) in [4.78, 5) is 11.4. The minimum Gasteiger partial charge on any atom is -0.481 e. The molecule has 1 heterocycles. The fourth-order valence-electron chi connectivity index (χ4n) is 2.50. The van der Waals surface area contributed by atoms with E-state index in [4.69, 9.17) is 5.26 Å². The maximum atomic E-state index is 11.4. The van der Waals surface area contributed by atoms with Gasteiger partial charge in [0.1, 0.15) is 0 Å². The molecule has 6 heteroatoms. The summed E-state index contributed by atoms with van der Waals surface area (Å²) in [6, 6.07) is 7.37. The Morgan fingerprint density at radius 2 is 2.35 bits per heavy atom. The molecular weight excluding hydrogens is 344 g/mol. The van der Waals surface area contributed by atoms with Crippen LogP contribution in [0.4, 0.5) is 0 Å². The summed E-state index contributed by atoms with van der Waals surface area (Å²) in [5, 5.41) is 21.4. The summed E-state index contributed by atoms with van der Waals surface area (Å²) in [6.07, 6.45) is 1.40. The third-order valence-electron chi connectivity index (χ3n) is 3.61. The first-order chi connectivity index (χ1) is 9.11. The zero-order valence-electron chi connectivity index (χ0n) is 10.8. The van der Waals surface area contributed by atoms with E-state index >= 15 is 0 Å². The second kappa shape index (κ2) is 7.63. The highest BCUT2D eigenvalue weighted by Crippen LogP contribution is 2.27. The van der Waals surface area contributed by atoms with Crippen molar-refractivity contribution in [1.29, 1.82) is 5.26 Å². The highest BCUT2D eigenvalue weighted by Gasteiger charge is 2.30. The van der Waals surface area contributed by atoms with Crippen LogP contribution >= 0.6 is 28.3 Å². The summed E-state index contributed by atoms with van der Waals surface area (Å²) in [6.45, 7) is 1.66.